The van der Waals surface area contributed by atoms with Crippen LogP contribution >= 0.6 is 0 Å². The number of ketones is 1. The predicted molar refractivity (Wildman–Crippen MR) is 98.0 cm³/mol. The van der Waals surface area contributed by atoms with Crippen LogP contribution in [0.4, 0.5) is 0 Å². The van der Waals surface area contributed by atoms with Gasteiger partial charge < -0.3 is 19.3 Å². The van der Waals surface area contributed by atoms with Crippen molar-refractivity contribution in [3.8, 4) is 0 Å². The fraction of sp³-hybridized carbons (Fsp3) is 0.333. The van der Waals surface area contributed by atoms with Crippen LogP contribution < -0.4 is 10.0 Å². The Hall–Kier alpha value is -2.86. The molecule has 0 aliphatic carbocycles. The van der Waals surface area contributed by atoms with E-state index in [1.165, 1.54) is 22.1 Å². The van der Waals surface area contributed by atoms with Gasteiger partial charge in [0, 0.05) is 18.5 Å². The number of furan rings is 1. The molecule has 0 radical (unpaired) electrons. The molecule has 2 heterocycles. The summed E-state index contributed by atoms with van der Waals surface area (Å²) in [6, 6.07) is 9.99. The standard InChI is InChI=1S/C21H24N2O4/c1-14-7-9-15(10-8-14)18-17(19(24)16-6-4-13-27-16)20(25)21(26)23(18)12-5-11-22(2)3/h4,6-10,13,18,25H,5,11-12H2,1-3H3. The number of hydrogen-bond donors (Lipinski definition) is 1. The van der Waals surface area contributed by atoms with Crippen molar-refractivity contribution in [1.29, 1.82) is 0 Å². The van der Waals surface area contributed by atoms with E-state index in [9.17, 15) is 14.7 Å². The van der Waals surface area contributed by atoms with Crippen molar-refractivity contribution in [2.45, 2.75) is 19.4 Å². The second kappa shape index (κ2) is 7.80. The van der Waals surface area contributed by atoms with Gasteiger partial charge in [-0.3, -0.25) is 9.59 Å². The van der Waals surface area contributed by atoms with Gasteiger partial charge in [-0.25, -0.2) is 0 Å². The quantitative estimate of drug-likeness (QED) is 0.722. The van der Waals surface area contributed by atoms with E-state index >= 15 is 0 Å². The highest BCUT2D eigenvalue weighted by molar-refractivity contribution is 6.14. The zero-order chi connectivity index (χ0) is 19.6. The Morgan fingerprint density at radius 1 is 1.22 bits per heavy atom. The van der Waals surface area contributed by atoms with Crippen molar-refractivity contribution in [2.24, 2.45) is 0 Å². The minimum atomic E-state index is -0.737. The number of hydrogen-bond acceptors (Lipinski definition) is 4. The van der Waals surface area contributed by atoms with E-state index in [4.69, 9.17) is 4.42 Å². The number of aryl methyl sites for hydroxylation is 1. The number of nitrogens with zero attached hydrogens (tertiary/aromatic N) is 1. The van der Waals surface area contributed by atoms with Crippen LogP contribution in [-0.2, 0) is 4.79 Å². The third kappa shape index (κ3) is 3.80. The second-order valence-electron chi connectivity index (χ2n) is 7.17. The molecule has 1 N–H and O–H groups in total. The number of Topliss-reactive ketones (excluding diaryl/α,β-unsaturated/α-hetero) is 1. The van der Waals surface area contributed by atoms with Crippen LogP contribution in [0.2, 0.25) is 0 Å². The van der Waals surface area contributed by atoms with Gasteiger partial charge in [-0.05, 0) is 30.4 Å². The Labute approximate surface area is 158 Å². The molecule has 1 unspecified atom stereocenters. The van der Waals surface area contributed by atoms with E-state index in [-0.39, 0.29) is 11.3 Å². The number of carbonyl (C=O) groups is 2. The van der Waals surface area contributed by atoms with Gasteiger partial charge in [0.15, 0.2) is 5.76 Å². The van der Waals surface area contributed by atoms with E-state index in [2.05, 4.69) is 0 Å². The Balaban J connectivity index is 1.99. The molecule has 0 saturated heterocycles. The molecule has 1 aromatic carbocycles. The van der Waals surface area contributed by atoms with Crippen LogP contribution in [0, 0.1) is 6.92 Å². The maximum absolute atomic E-state index is 12.9. The van der Waals surface area contributed by atoms with E-state index in [1.54, 1.807) is 6.07 Å². The van der Waals surface area contributed by atoms with Crippen molar-refractivity contribution in [3.63, 3.8) is 0 Å². The number of benzene rings is 1. The van der Waals surface area contributed by atoms with Crippen LogP contribution in [0.25, 0.3) is 0 Å². The average Bonchev–Trinajstić information content (AvgIpc) is 3.25. The molecule has 1 aromatic heterocycles. The van der Waals surface area contributed by atoms with Crippen molar-refractivity contribution in [1.82, 2.24) is 4.90 Å². The molecule has 2 aromatic rings. The van der Waals surface area contributed by atoms with Crippen molar-refractivity contribution in [3.05, 3.63) is 70.9 Å². The number of amides is 1. The molecule has 6 nitrogen and oxygen atoms in total. The van der Waals surface area contributed by atoms with Crippen LogP contribution in [0.15, 0.2) is 58.4 Å². The van der Waals surface area contributed by atoms with Crippen LogP contribution in [0.1, 0.15) is 34.1 Å². The SMILES string of the molecule is Cc1ccc(C2C(C(=O)c3ccco3)=C([O-])C(=O)N2CCC[NH+](C)C)cc1. The van der Waals surface area contributed by atoms with Gasteiger partial charge in [0.25, 0.3) is 0 Å². The summed E-state index contributed by atoms with van der Waals surface area (Å²) >= 11 is 0. The zero-order valence-corrected chi connectivity index (χ0v) is 15.8. The first-order valence-corrected chi connectivity index (χ1v) is 9.06. The Kier molecular flexibility index (Phi) is 5.46. The molecule has 1 aliphatic heterocycles. The van der Waals surface area contributed by atoms with Crippen LogP contribution in [0.3, 0.4) is 0 Å². The lowest BCUT2D eigenvalue weighted by atomic mass is 9.94. The van der Waals surface area contributed by atoms with Gasteiger partial charge in [0.2, 0.25) is 11.7 Å². The van der Waals surface area contributed by atoms with Crippen molar-refractivity contribution < 1.29 is 24.0 Å². The smallest absolute Gasteiger partial charge is 0.239 e. The normalized spacial score (nSPS) is 17.3. The fourth-order valence-electron chi connectivity index (χ4n) is 3.34. The minimum Gasteiger partial charge on any atom is -0.868 e. The molecular weight excluding hydrogens is 344 g/mol. The molecule has 0 saturated carbocycles. The lowest BCUT2D eigenvalue weighted by Crippen LogP contribution is -3.05. The molecule has 27 heavy (non-hydrogen) atoms. The van der Waals surface area contributed by atoms with Gasteiger partial charge in [-0.1, -0.05) is 29.8 Å². The summed E-state index contributed by atoms with van der Waals surface area (Å²) in [5.41, 5.74) is 1.79. The summed E-state index contributed by atoms with van der Waals surface area (Å²) in [4.78, 5) is 28.4. The molecule has 1 atom stereocenters. The molecule has 0 fully saturated rings. The van der Waals surface area contributed by atoms with Gasteiger partial charge in [0.1, 0.15) is 0 Å². The molecule has 0 bridgehead atoms. The lowest BCUT2D eigenvalue weighted by Gasteiger charge is -2.27. The summed E-state index contributed by atoms with van der Waals surface area (Å²) in [6.07, 6.45) is 2.12. The highest BCUT2D eigenvalue weighted by atomic mass is 16.3. The van der Waals surface area contributed by atoms with Gasteiger partial charge in [-0.2, -0.15) is 0 Å². The molecular formula is C21H24N2O4. The first kappa shape index (κ1) is 18.9. The number of rotatable bonds is 7. The van der Waals surface area contributed by atoms with Crippen molar-refractivity contribution in [2.75, 3.05) is 27.2 Å². The lowest BCUT2D eigenvalue weighted by molar-refractivity contribution is -0.858. The molecule has 1 amide bonds. The second-order valence-corrected chi connectivity index (χ2v) is 7.17. The maximum atomic E-state index is 12.9. The molecule has 0 spiro atoms. The van der Waals surface area contributed by atoms with Gasteiger partial charge in [0.05, 0.1) is 32.9 Å². The van der Waals surface area contributed by atoms with E-state index in [0.29, 0.717) is 6.54 Å². The maximum Gasteiger partial charge on any atom is 0.239 e. The molecule has 3 rings (SSSR count). The first-order valence-electron chi connectivity index (χ1n) is 9.06. The van der Waals surface area contributed by atoms with Gasteiger partial charge in [-0.15, -0.1) is 0 Å². The molecule has 142 valence electrons. The van der Waals surface area contributed by atoms with Crippen LogP contribution in [-0.4, -0.2) is 43.8 Å². The fourth-order valence-corrected chi connectivity index (χ4v) is 3.34. The van der Waals surface area contributed by atoms with E-state index in [1.807, 2.05) is 45.3 Å². The summed E-state index contributed by atoms with van der Waals surface area (Å²) in [7, 11) is 4.07. The largest absolute Gasteiger partial charge is 0.868 e. The molecule has 1 aliphatic rings. The highest BCUT2D eigenvalue weighted by Crippen LogP contribution is 2.38. The predicted octanol–water partition coefficient (Wildman–Crippen LogP) is 0.503. The Morgan fingerprint density at radius 3 is 2.52 bits per heavy atom. The third-order valence-corrected chi connectivity index (χ3v) is 4.74. The monoisotopic (exact) mass is 368 g/mol. The van der Waals surface area contributed by atoms with Crippen LogP contribution in [0.5, 0.6) is 0 Å². The average molecular weight is 368 g/mol. The number of quaternary nitrogens is 1. The third-order valence-electron chi connectivity index (χ3n) is 4.74. The van der Waals surface area contributed by atoms with E-state index in [0.717, 1.165) is 24.1 Å². The highest BCUT2D eigenvalue weighted by Gasteiger charge is 2.39. The van der Waals surface area contributed by atoms with Gasteiger partial charge >= 0.3 is 0 Å². The first-order chi connectivity index (χ1) is 12.9. The summed E-state index contributed by atoms with van der Waals surface area (Å²) < 4.78 is 5.19. The Bertz CT molecular complexity index is 851. The molecule has 6 heteroatoms. The van der Waals surface area contributed by atoms with E-state index < -0.39 is 23.5 Å². The summed E-state index contributed by atoms with van der Waals surface area (Å²) in [5, 5.41) is 12.7. The number of carbonyl (C=O) groups excluding carboxylic acids is 2. The zero-order valence-electron chi connectivity index (χ0n) is 15.8. The summed E-state index contributed by atoms with van der Waals surface area (Å²) in [5.74, 6) is -1.81. The Morgan fingerprint density at radius 2 is 1.93 bits per heavy atom. The minimum absolute atomic E-state index is 0.0315. The number of nitrogens with one attached hydrogen (secondary N) is 1. The summed E-state index contributed by atoms with van der Waals surface area (Å²) in [6.45, 7) is 3.24. The topological polar surface area (TPSA) is 78.0 Å². The van der Waals surface area contributed by atoms with Crippen molar-refractivity contribution >= 4 is 11.7 Å².